The highest BCUT2D eigenvalue weighted by Gasteiger charge is 2.17. The Kier molecular flexibility index (Phi) is 7.70. The van der Waals surface area contributed by atoms with E-state index in [4.69, 9.17) is 14.5 Å². The number of hydrogen-bond donors (Lipinski definition) is 1. The van der Waals surface area contributed by atoms with Crippen molar-refractivity contribution in [1.29, 1.82) is 0 Å². The van der Waals surface area contributed by atoms with Crippen molar-refractivity contribution in [3.63, 3.8) is 0 Å². The Hall–Kier alpha value is -3.80. The zero-order valence-electron chi connectivity index (χ0n) is 20.9. The summed E-state index contributed by atoms with van der Waals surface area (Å²) in [5, 5.41) is 3.07. The van der Waals surface area contributed by atoms with E-state index in [1.165, 1.54) is 0 Å². The van der Waals surface area contributed by atoms with Gasteiger partial charge in [0.05, 0.1) is 25.1 Å². The Balaban J connectivity index is 1.77. The molecule has 0 aliphatic carbocycles. The summed E-state index contributed by atoms with van der Waals surface area (Å²) >= 11 is 0. The van der Waals surface area contributed by atoms with Crippen LogP contribution in [-0.2, 0) is 11.2 Å². The maximum atomic E-state index is 12.6. The van der Waals surface area contributed by atoms with Gasteiger partial charge in [-0.3, -0.25) is 4.79 Å². The first-order valence-electron chi connectivity index (χ1n) is 12.2. The van der Waals surface area contributed by atoms with Crippen LogP contribution < -0.4 is 14.8 Å². The Morgan fingerprint density at radius 1 is 1.00 bits per heavy atom. The van der Waals surface area contributed by atoms with Crippen molar-refractivity contribution in [2.75, 3.05) is 13.7 Å². The fraction of sp³-hybridized carbons (Fsp3) is 0.310. The van der Waals surface area contributed by atoms with Crippen LogP contribution in [0.25, 0.3) is 28.0 Å². The molecule has 2 aromatic heterocycles. The van der Waals surface area contributed by atoms with Crippen molar-refractivity contribution in [1.82, 2.24) is 14.7 Å². The number of fused-ring (bicyclic) bond motifs is 1. The van der Waals surface area contributed by atoms with E-state index < -0.39 is 0 Å². The lowest BCUT2D eigenvalue weighted by Gasteiger charge is -2.12. The molecule has 6 nitrogen and oxygen atoms in total. The second-order valence-corrected chi connectivity index (χ2v) is 8.62. The minimum Gasteiger partial charge on any atom is -0.497 e. The zero-order chi connectivity index (χ0) is 24.8. The summed E-state index contributed by atoms with van der Waals surface area (Å²) in [7, 11) is 1.66. The third-order valence-electron chi connectivity index (χ3n) is 6.15. The Morgan fingerprint density at radius 3 is 2.49 bits per heavy atom. The van der Waals surface area contributed by atoms with E-state index in [-0.39, 0.29) is 11.9 Å². The topological polar surface area (TPSA) is 64.9 Å². The standard InChI is InChI=1S/C29H33N3O3/c1-5-20(3)30-28(33)16-14-26-29(22-10-8-11-24(18-22)34-4)31-27-15-13-23(19-32(26)27)21-9-7-12-25(17-21)35-6-2/h7-13,15,17-20H,5-6,14,16H2,1-4H3,(H,30,33)/t20-/m1/s1. The smallest absolute Gasteiger partial charge is 0.220 e. The second-order valence-electron chi connectivity index (χ2n) is 8.62. The highest BCUT2D eigenvalue weighted by atomic mass is 16.5. The van der Waals surface area contributed by atoms with Gasteiger partial charge in [0.25, 0.3) is 0 Å². The molecule has 4 aromatic rings. The van der Waals surface area contributed by atoms with Gasteiger partial charge in [-0.15, -0.1) is 0 Å². The van der Waals surface area contributed by atoms with Gasteiger partial charge in [0, 0.05) is 24.2 Å². The summed E-state index contributed by atoms with van der Waals surface area (Å²) < 4.78 is 13.2. The molecule has 0 saturated carbocycles. The molecule has 1 amide bonds. The van der Waals surface area contributed by atoms with Gasteiger partial charge >= 0.3 is 0 Å². The Morgan fingerprint density at radius 2 is 1.74 bits per heavy atom. The molecule has 0 saturated heterocycles. The van der Waals surface area contributed by atoms with Crippen LogP contribution in [0, 0.1) is 0 Å². The fourth-order valence-corrected chi connectivity index (χ4v) is 4.12. The zero-order valence-corrected chi connectivity index (χ0v) is 20.9. The molecule has 182 valence electrons. The van der Waals surface area contributed by atoms with Gasteiger partial charge in [-0.2, -0.15) is 0 Å². The molecule has 0 fully saturated rings. The highest BCUT2D eigenvalue weighted by molar-refractivity contribution is 5.77. The normalized spacial score (nSPS) is 11.9. The molecule has 0 radical (unpaired) electrons. The predicted molar refractivity (Wildman–Crippen MR) is 140 cm³/mol. The molecular formula is C29H33N3O3. The van der Waals surface area contributed by atoms with E-state index in [9.17, 15) is 4.79 Å². The van der Waals surface area contributed by atoms with Gasteiger partial charge < -0.3 is 19.2 Å². The summed E-state index contributed by atoms with van der Waals surface area (Å²) in [4.78, 5) is 17.6. The number of nitrogens with one attached hydrogen (secondary N) is 1. The molecule has 1 atom stereocenters. The first kappa shape index (κ1) is 24.3. The van der Waals surface area contributed by atoms with Crippen molar-refractivity contribution >= 4 is 11.6 Å². The Bertz CT molecular complexity index is 1310. The third kappa shape index (κ3) is 5.65. The van der Waals surface area contributed by atoms with Crippen LogP contribution >= 0.6 is 0 Å². The fourth-order valence-electron chi connectivity index (χ4n) is 4.12. The third-order valence-corrected chi connectivity index (χ3v) is 6.15. The summed E-state index contributed by atoms with van der Waals surface area (Å²) in [5.74, 6) is 1.66. The van der Waals surface area contributed by atoms with Gasteiger partial charge in [-0.25, -0.2) is 4.98 Å². The second kappa shape index (κ2) is 11.1. The van der Waals surface area contributed by atoms with Crippen molar-refractivity contribution in [2.24, 2.45) is 0 Å². The number of pyridine rings is 1. The first-order valence-corrected chi connectivity index (χ1v) is 12.2. The number of imidazole rings is 1. The quantitative estimate of drug-likeness (QED) is 0.312. The van der Waals surface area contributed by atoms with Crippen LogP contribution in [0.4, 0.5) is 0 Å². The first-order chi connectivity index (χ1) is 17.0. The van der Waals surface area contributed by atoms with Crippen molar-refractivity contribution in [2.45, 2.75) is 46.1 Å². The lowest BCUT2D eigenvalue weighted by Crippen LogP contribution is -2.32. The van der Waals surface area contributed by atoms with Crippen LogP contribution in [0.1, 0.15) is 39.3 Å². The minimum absolute atomic E-state index is 0.0477. The van der Waals surface area contributed by atoms with Crippen LogP contribution in [0.2, 0.25) is 0 Å². The average molecular weight is 472 g/mol. The van der Waals surface area contributed by atoms with Crippen LogP contribution in [0.3, 0.4) is 0 Å². The number of amides is 1. The predicted octanol–water partition coefficient (Wildman–Crippen LogP) is 5.92. The Labute approximate surface area is 206 Å². The summed E-state index contributed by atoms with van der Waals surface area (Å²) in [6.45, 7) is 6.69. The lowest BCUT2D eigenvalue weighted by atomic mass is 10.1. The number of carbonyl (C=O) groups is 1. The van der Waals surface area contributed by atoms with Gasteiger partial charge in [0.2, 0.25) is 5.91 Å². The van der Waals surface area contributed by atoms with Crippen molar-refractivity contribution in [3.8, 4) is 33.9 Å². The van der Waals surface area contributed by atoms with Crippen LogP contribution in [-0.4, -0.2) is 35.1 Å². The highest BCUT2D eigenvalue weighted by Crippen LogP contribution is 2.31. The number of carbonyl (C=O) groups excluding carboxylic acids is 1. The van der Waals surface area contributed by atoms with E-state index in [0.29, 0.717) is 19.4 Å². The minimum atomic E-state index is 0.0477. The largest absolute Gasteiger partial charge is 0.497 e. The molecule has 2 aromatic carbocycles. The number of aromatic nitrogens is 2. The number of methoxy groups -OCH3 is 1. The molecule has 0 bridgehead atoms. The molecule has 2 heterocycles. The molecule has 4 rings (SSSR count). The summed E-state index contributed by atoms with van der Waals surface area (Å²) in [6.07, 6.45) is 3.96. The SMILES string of the molecule is CCOc1cccc(-c2ccc3nc(-c4cccc(OC)c4)c(CCC(=O)N[C@H](C)CC)n3c2)c1. The van der Waals surface area contributed by atoms with Crippen LogP contribution in [0.5, 0.6) is 11.5 Å². The number of benzene rings is 2. The molecule has 0 unspecified atom stereocenters. The van der Waals surface area contributed by atoms with Gasteiger partial charge in [0.15, 0.2) is 0 Å². The average Bonchev–Trinajstić information content (AvgIpc) is 3.25. The monoisotopic (exact) mass is 471 g/mol. The van der Waals surface area contributed by atoms with E-state index in [2.05, 4.69) is 35.0 Å². The molecule has 0 spiro atoms. The van der Waals surface area contributed by atoms with Crippen molar-refractivity contribution in [3.05, 3.63) is 72.6 Å². The number of hydrogen-bond acceptors (Lipinski definition) is 4. The number of rotatable bonds is 10. The maximum Gasteiger partial charge on any atom is 0.220 e. The molecule has 35 heavy (non-hydrogen) atoms. The van der Waals surface area contributed by atoms with Gasteiger partial charge in [0.1, 0.15) is 17.1 Å². The van der Waals surface area contributed by atoms with Crippen molar-refractivity contribution < 1.29 is 14.3 Å². The van der Waals surface area contributed by atoms with Gasteiger partial charge in [-0.05, 0) is 74.2 Å². The van der Waals surface area contributed by atoms with E-state index >= 15 is 0 Å². The molecule has 1 N–H and O–H groups in total. The number of ether oxygens (including phenoxy) is 2. The molecule has 0 aliphatic heterocycles. The van der Waals surface area contributed by atoms with Crippen LogP contribution in [0.15, 0.2) is 66.9 Å². The summed E-state index contributed by atoms with van der Waals surface area (Å²) in [5.41, 5.74) is 5.78. The molecular weight excluding hydrogens is 438 g/mol. The van der Waals surface area contributed by atoms with E-state index in [0.717, 1.165) is 51.6 Å². The van der Waals surface area contributed by atoms with Gasteiger partial charge in [-0.1, -0.05) is 31.2 Å². The summed E-state index contributed by atoms with van der Waals surface area (Å²) in [6, 6.07) is 20.2. The van der Waals surface area contributed by atoms with E-state index in [1.807, 2.05) is 62.4 Å². The molecule has 0 aliphatic rings. The van der Waals surface area contributed by atoms with E-state index in [1.54, 1.807) is 7.11 Å². The lowest BCUT2D eigenvalue weighted by molar-refractivity contribution is -0.121. The number of aryl methyl sites for hydroxylation is 1. The maximum absolute atomic E-state index is 12.6. The molecule has 6 heteroatoms. The number of nitrogens with zero attached hydrogens (tertiary/aromatic N) is 2.